The summed E-state index contributed by atoms with van der Waals surface area (Å²) < 4.78 is 5.12. The molecule has 1 aliphatic rings. The van der Waals surface area contributed by atoms with Gasteiger partial charge in [0.2, 0.25) is 0 Å². The van der Waals surface area contributed by atoms with Gasteiger partial charge in [0.15, 0.2) is 0 Å². The Bertz CT molecular complexity index is 389. The Morgan fingerprint density at radius 1 is 1.60 bits per heavy atom. The second-order valence-corrected chi connectivity index (χ2v) is 4.59. The molecule has 0 saturated heterocycles. The molecule has 0 fully saturated rings. The van der Waals surface area contributed by atoms with Crippen LogP contribution in [0.5, 0.6) is 5.75 Å². The molecular formula is C11H12O3S. The number of aliphatic carboxylic acids is 1. The molecule has 1 N–H and O–H groups in total. The van der Waals surface area contributed by atoms with Crippen LogP contribution in [0.25, 0.3) is 0 Å². The number of rotatable bonds is 2. The fourth-order valence-electron chi connectivity index (χ4n) is 1.66. The van der Waals surface area contributed by atoms with E-state index in [-0.39, 0.29) is 5.92 Å². The van der Waals surface area contributed by atoms with E-state index < -0.39 is 5.97 Å². The molecule has 1 atom stereocenters. The number of thioether (sulfide) groups is 1. The summed E-state index contributed by atoms with van der Waals surface area (Å²) in [5, 5.41) is 8.95. The number of carboxylic acid groups (broad SMARTS) is 1. The highest BCUT2D eigenvalue weighted by Crippen LogP contribution is 2.34. The van der Waals surface area contributed by atoms with Crippen LogP contribution in [0, 0.1) is 5.92 Å². The van der Waals surface area contributed by atoms with E-state index in [1.54, 1.807) is 18.9 Å². The minimum absolute atomic E-state index is 0.269. The van der Waals surface area contributed by atoms with Crippen LogP contribution in [0.1, 0.15) is 5.56 Å². The third-order valence-corrected chi connectivity index (χ3v) is 3.80. The lowest BCUT2D eigenvalue weighted by atomic mass is 10.0. The normalized spacial score (nSPS) is 19.4. The molecule has 1 aliphatic heterocycles. The molecule has 80 valence electrons. The van der Waals surface area contributed by atoms with Crippen molar-refractivity contribution in [2.45, 2.75) is 11.3 Å². The molecule has 0 spiro atoms. The Labute approximate surface area is 92.4 Å². The second kappa shape index (κ2) is 4.14. The first kappa shape index (κ1) is 10.4. The summed E-state index contributed by atoms with van der Waals surface area (Å²) in [5.74, 6) is 0.472. The van der Waals surface area contributed by atoms with Crippen molar-refractivity contribution in [2.75, 3.05) is 12.9 Å². The van der Waals surface area contributed by atoms with Crippen LogP contribution in [0.15, 0.2) is 23.1 Å². The van der Waals surface area contributed by atoms with E-state index >= 15 is 0 Å². The van der Waals surface area contributed by atoms with Gasteiger partial charge in [-0.1, -0.05) is 0 Å². The van der Waals surface area contributed by atoms with Crippen molar-refractivity contribution in [3.8, 4) is 5.75 Å². The smallest absolute Gasteiger partial charge is 0.307 e. The molecule has 3 nitrogen and oxygen atoms in total. The third kappa shape index (κ3) is 2.09. The molecule has 0 aromatic heterocycles. The van der Waals surface area contributed by atoms with Gasteiger partial charge in [-0.3, -0.25) is 4.79 Å². The minimum Gasteiger partial charge on any atom is -0.497 e. The first-order valence-corrected chi connectivity index (χ1v) is 5.72. The maximum atomic E-state index is 10.9. The summed E-state index contributed by atoms with van der Waals surface area (Å²) in [4.78, 5) is 12.0. The highest BCUT2D eigenvalue weighted by atomic mass is 32.2. The van der Waals surface area contributed by atoms with Gasteiger partial charge in [-0.05, 0) is 30.2 Å². The van der Waals surface area contributed by atoms with E-state index in [0.29, 0.717) is 12.2 Å². The Balaban J connectivity index is 2.27. The van der Waals surface area contributed by atoms with E-state index in [0.717, 1.165) is 11.3 Å². The van der Waals surface area contributed by atoms with Gasteiger partial charge in [-0.2, -0.15) is 0 Å². The van der Waals surface area contributed by atoms with Crippen LogP contribution in [-0.2, 0) is 11.2 Å². The molecule has 1 aromatic rings. The molecule has 1 heterocycles. The summed E-state index contributed by atoms with van der Waals surface area (Å²) >= 11 is 1.61. The van der Waals surface area contributed by atoms with Gasteiger partial charge in [0.1, 0.15) is 5.75 Å². The summed E-state index contributed by atoms with van der Waals surface area (Å²) in [5.41, 5.74) is 1.08. The molecule has 0 saturated carbocycles. The largest absolute Gasteiger partial charge is 0.497 e. The zero-order chi connectivity index (χ0) is 10.8. The van der Waals surface area contributed by atoms with Crippen molar-refractivity contribution in [3.05, 3.63) is 23.8 Å². The molecule has 0 aliphatic carbocycles. The average molecular weight is 224 g/mol. The summed E-state index contributed by atoms with van der Waals surface area (Å²) in [6.45, 7) is 0. The van der Waals surface area contributed by atoms with Gasteiger partial charge >= 0.3 is 5.97 Å². The first-order valence-electron chi connectivity index (χ1n) is 4.73. The molecule has 4 heteroatoms. The number of carboxylic acids is 1. The number of methoxy groups -OCH3 is 1. The SMILES string of the molecule is COc1ccc2c(c1)CC(C(=O)O)CS2. The van der Waals surface area contributed by atoms with Gasteiger partial charge < -0.3 is 9.84 Å². The maximum absolute atomic E-state index is 10.9. The van der Waals surface area contributed by atoms with E-state index in [4.69, 9.17) is 9.84 Å². The number of hydrogen-bond donors (Lipinski definition) is 1. The number of benzene rings is 1. The van der Waals surface area contributed by atoms with E-state index in [2.05, 4.69) is 0 Å². The molecule has 0 amide bonds. The quantitative estimate of drug-likeness (QED) is 0.835. The Hall–Kier alpha value is -1.16. The summed E-state index contributed by atoms with van der Waals surface area (Å²) in [6, 6.07) is 5.83. The predicted octanol–water partition coefficient (Wildman–Crippen LogP) is 2.04. The highest BCUT2D eigenvalue weighted by Gasteiger charge is 2.24. The fraction of sp³-hybridized carbons (Fsp3) is 0.364. The van der Waals surface area contributed by atoms with Gasteiger partial charge in [0.25, 0.3) is 0 Å². The zero-order valence-electron chi connectivity index (χ0n) is 8.40. The van der Waals surface area contributed by atoms with E-state index in [9.17, 15) is 4.79 Å². The molecule has 1 aromatic carbocycles. The molecular weight excluding hydrogens is 212 g/mol. The van der Waals surface area contributed by atoms with Crippen molar-refractivity contribution in [1.29, 1.82) is 0 Å². The molecule has 1 unspecified atom stereocenters. The molecule has 15 heavy (non-hydrogen) atoms. The average Bonchev–Trinajstić information content (AvgIpc) is 2.27. The second-order valence-electron chi connectivity index (χ2n) is 3.52. The maximum Gasteiger partial charge on any atom is 0.307 e. The molecule has 0 bridgehead atoms. The van der Waals surface area contributed by atoms with Crippen LogP contribution < -0.4 is 4.74 Å². The highest BCUT2D eigenvalue weighted by molar-refractivity contribution is 7.99. The van der Waals surface area contributed by atoms with E-state index in [1.165, 1.54) is 4.90 Å². The lowest BCUT2D eigenvalue weighted by Crippen LogP contribution is -2.22. The van der Waals surface area contributed by atoms with Gasteiger partial charge in [-0.15, -0.1) is 11.8 Å². The van der Waals surface area contributed by atoms with Crippen molar-refractivity contribution in [2.24, 2.45) is 5.92 Å². The monoisotopic (exact) mass is 224 g/mol. The predicted molar refractivity (Wildman–Crippen MR) is 58.5 cm³/mol. The molecule has 0 radical (unpaired) electrons. The number of carbonyl (C=O) groups is 1. The van der Waals surface area contributed by atoms with Crippen LogP contribution in [0.4, 0.5) is 0 Å². The van der Waals surface area contributed by atoms with Gasteiger partial charge in [-0.25, -0.2) is 0 Å². The molecule has 2 rings (SSSR count). The standard InChI is InChI=1S/C11H12O3S/c1-14-9-2-3-10-7(5-9)4-8(6-15-10)11(12)13/h2-3,5,8H,4,6H2,1H3,(H,12,13). The van der Waals surface area contributed by atoms with Crippen LogP contribution in [0.2, 0.25) is 0 Å². The number of ether oxygens (including phenoxy) is 1. The Morgan fingerprint density at radius 3 is 3.07 bits per heavy atom. The minimum atomic E-state index is -0.712. The first-order chi connectivity index (χ1) is 7.20. The van der Waals surface area contributed by atoms with Crippen LogP contribution in [-0.4, -0.2) is 23.9 Å². The van der Waals surface area contributed by atoms with Crippen LogP contribution >= 0.6 is 11.8 Å². The number of fused-ring (bicyclic) bond motifs is 1. The van der Waals surface area contributed by atoms with Crippen molar-refractivity contribution >= 4 is 17.7 Å². The lowest BCUT2D eigenvalue weighted by molar-refractivity contribution is -0.140. The summed E-state index contributed by atoms with van der Waals surface area (Å²) in [6.07, 6.45) is 0.606. The Kier molecular flexibility index (Phi) is 2.86. The Morgan fingerprint density at radius 2 is 2.40 bits per heavy atom. The van der Waals surface area contributed by atoms with Crippen molar-refractivity contribution in [1.82, 2.24) is 0 Å². The van der Waals surface area contributed by atoms with Gasteiger partial charge in [0.05, 0.1) is 13.0 Å². The van der Waals surface area contributed by atoms with Gasteiger partial charge in [0, 0.05) is 10.6 Å². The zero-order valence-corrected chi connectivity index (χ0v) is 9.21. The summed E-state index contributed by atoms with van der Waals surface area (Å²) in [7, 11) is 1.62. The number of hydrogen-bond acceptors (Lipinski definition) is 3. The van der Waals surface area contributed by atoms with Crippen molar-refractivity contribution < 1.29 is 14.6 Å². The lowest BCUT2D eigenvalue weighted by Gasteiger charge is -2.21. The van der Waals surface area contributed by atoms with E-state index in [1.807, 2.05) is 18.2 Å². The topological polar surface area (TPSA) is 46.5 Å². The fourth-order valence-corrected chi connectivity index (χ4v) is 2.79. The third-order valence-electron chi connectivity index (χ3n) is 2.52. The van der Waals surface area contributed by atoms with Crippen LogP contribution in [0.3, 0.4) is 0 Å². The van der Waals surface area contributed by atoms with Crippen molar-refractivity contribution in [3.63, 3.8) is 0 Å².